The maximum Gasteiger partial charge on any atom is 0.251 e. The van der Waals surface area contributed by atoms with Crippen LogP contribution in [0.2, 0.25) is 0 Å². The van der Waals surface area contributed by atoms with Gasteiger partial charge in [-0.3, -0.25) is 15.1 Å². The summed E-state index contributed by atoms with van der Waals surface area (Å²) in [7, 11) is 0. The summed E-state index contributed by atoms with van der Waals surface area (Å²) < 4.78 is 0. The Morgan fingerprint density at radius 3 is 2.69 bits per heavy atom. The number of carbonyl (C=O) groups excluding carboxylic acids is 1. The van der Waals surface area contributed by atoms with Crippen LogP contribution in [0, 0.1) is 11.8 Å². The second-order valence-electron chi connectivity index (χ2n) is 4.95. The van der Waals surface area contributed by atoms with E-state index >= 15 is 0 Å². The van der Waals surface area contributed by atoms with Crippen molar-refractivity contribution < 1.29 is 9.90 Å². The van der Waals surface area contributed by atoms with E-state index in [4.69, 9.17) is 5.84 Å². The van der Waals surface area contributed by atoms with Crippen molar-refractivity contribution in [1.29, 1.82) is 0 Å². The highest BCUT2D eigenvalue weighted by Gasteiger charge is 2.39. The lowest BCUT2D eigenvalue weighted by Crippen LogP contribution is -2.54. The fraction of sp³-hybridized carbons (Fsp3) is 0.909. The Kier molecular flexibility index (Phi) is 4.70. The molecule has 0 aromatic heterocycles. The van der Waals surface area contributed by atoms with E-state index in [-0.39, 0.29) is 30.5 Å². The largest absolute Gasteiger partial charge is 0.395 e. The van der Waals surface area contributed by atoms with Crippen LogP contribution in [0.4, 0.5) is 0 Å². The van der Waals surface area contributed by atoms with Crippen molar-refractivity contribution in [2.45, 2.75) is 39.3 Å². The number of hydrogen-bond acceptors (Lipinski definition) is 4. The molecule has 1 aliphatic rings. The maximum atomic E-state index is 11.7. The van der Waals surface area contributed by atoms with Crippen LogP contribution >= 0.6 is 0 Å². The van der Waals surface area contributed by atoms with Crippen LogP contribution in [0.15, 0.2) is 0 Å². The molecule has 1 heterocycles. The van der Waals surface area contributed by atoms with E-state index < -0.39 is 0 Å². The summed E-state index contributed by atoms with van der Waals surface area (Å²) in [5.41, 5.74) is 2.22. The molecule has 94 valence electrons. The molecule has 0 aromatic carbocycles. The zero-order valence-electron chi connectivity index (χ0n) is 10.3. The first kappa shape index (κ1) is 13.4. The topological polar surface area (TPSA) is 78.6 Å². The molecule has 1 rings (SSSR count). The normalized spacial score (nSPS) is 28.4. The number of likely N-dealkylation sites (tertiary alicyclic amines) is 1. The van der Waals surface area contributed by atoms with Crippen molar-refractivity contribution in [3.05, 3.63) is 0 Å². The van der Waals surface area contributed by atoms with Gasteiger partial charge in [0.25, 0.3) is 5.91 Å². The minimum atomic E-state index is -0.243. The van der Waals surface area contributed by atoms with Crippen molar-refractivity contribution >= 4 is 5.91 Å². The summed E-state index contributed by atoms with van der Waals surface area (Å²) >= 11 is 0. The molecule has 0 radical (unpaired) electrons. The minimum absolute atomic E-state index is 0.0738. The van der Waals surface area contributed by atoms with Gasteiger partial charge < -0.3 is 5.11 Å². The van der Waals surface area contributed by atoms with Gasteiger partial charge >= 0.3 is 0 Å². The maximum absolute atomic E-state index is 11.7. The fourth-order valence-corrected chi connectivity index (χ4v) is 2.59. The Balaban J connectivity index is 2.82. The lowest BCUT2D eigenvalue weighted by Gasteiger charge is -2.34. The Bertz CT molecular complexity index is 245. The van der Waals surface area contributed by atoms with Crippen LogP contribution in [0.1, 0.15) is 27.2 Å². The molecule has 4 N–H and O–H groups in total. The molecule has 3 unspecified atom stereocenters. The van der Waals surface area contributed by atoms with Crippen molar-refractivity contribution in [2.24, 2.45) is 17.7 Å². The Morgan fingerprint density at radius 2 is 2.25 bits per heavy atom. The molecule has 0 spiro atoms. The highest BCUT2D eigenvalue weighted by Crippen LogP contribution is 2.28. The predicted octanol–water partition coefficient (Wildman–Crippen LogP) is -0.296. The molecule has 0 saturated carbocycles. The molecule has 1 aliphatic heterocycles. The van der Waals surface area contributed by atoms with Crippen molar-refractivity contribution in [1.82, 2.24) is 10.3 Å². The lowest BCUT2D eigenvalue weighted by molar-refractivity contribution is -0.129. The van der Waals surface area contributed by atoms with E-state index in [0.717, 1.165) is 13.0 Å². The summed E-state index contributed by atoms with van der Waals surface area (Å²) in [5, 5.41) is 9.39. The van der Waals surface area contributed by atoms with Gasteiger partial charge in [0.2, 0.25) is 0 Å². The second-order valence-corrected chi connectivity index (χ2v) is 4.95. The molecular weight excluding hydrogens is 206 g/mol. The van der Waals surface area contributed by atoms with E-state index in [1.807, 2.05) is 13.8 Å². The third-order valence-corrected chi connectivity index (χ3v) is 3.51. The molecule has 0 aliphatic carbocycles. The molecule has 5 heteroatoms. The highest BCUT2D eigenvalue weighted by atomic mass is 16.3. The third kappa shape index (κ3) is 2.53. The average molecular weight is 229 g/mol. The number of hydrazine groups is 1. The van der Waals surface area contributed by atoms with Crippen LogP contribution in [0.5, 0.6) is 0 Å². The monoisotopic (exact) mass is 229 g/mol. The van der Waals surface area contributed by atoms with Crippen molar-refractivity contribution in [3.63, 3.8) is 0 Å². The van der Waals surface area contributed by atoms with Crippen LogP contribution in [0.3, 0.4) is 0 Å². The summed E-state index contributed by atoms with van der Waals surface area (Å²) in [6.07, 6.45) is 1.02. The summed E-state index contributed by atoms with van der Waals surface area (Å²) in [4.78, 5) is 13.8. The zero-order chi connectivity index (χ0) is 12.3. The molecular formula is C11H23N3O2. The molecule has 3 atom stereocenters. The minimum Gasteiger partial charge on any atom is -0.395 e. The number of nitrogens with one attached hydrogen (secondary N) is 1. The quantitative estimate of drug-likeness (QED) is 0.351. The molecule has 1 fully saturated rings. The zero-order valence-corrected chi connectivity index (χ0v) is 10.3. The number of nitrogens with two attached hydrogens (primary N) is 1. The lowest BCUT2D eigenvalue weighted by atomic mass is 9.98. The number of carbonyl (C=O) groups is 1. The average Bonchev–Trinajstić information content (AvgIpc) is 2.59. The van der Waals surface area contributed by atoms with Crippen LogP contribution in [-0.4, -0.2) is 41.1 Å². The van der Waals surface area contributed by atoms with Gasteiger partial charge in [0.15, 0.2) is 0 Å². The smallest absolute Gasteiger partial charge is 0.251 e. The first-order valence-corrected chi connectivity index (χ1v) is 5.90. The van der Waals surface area contributed by atoms with Crippen LogP contribution < -0.4 is 11.3 Å². The van der Waals surface area contributed by atoms with Crippen LogP contribution in [0.25, 0.3) is 0 Å². The Labute approximate surface area is 97.0 Å². The summed E-state index contributed by atoms with van der Waals surface area (Å²) in [6.45, 7) is 7.05. The van der Waals surface area contributed by atoms with Gasteiger partial charge in [0, 0.05) is 6.04 Å². The molecule has 5 nitrogen and oxygen atoms in total. The number of nitrogens with zero attached hydrogens (tertiary/aromatic N) is 1. The predicted molar refractivity (Wildman–Crippen MR) is 62.3 cm³/mol. The van der Waals surface area contributed by atoms with E-state index in [2.05, 4.69) is 17.2 Å². The van der Waals surface area contributed by atoms with E-state index in [0.29, 0.717) is 5.92 Å². The van der Waals surface area contributed by atoms with E-state index in [9.17, 15) is 9.90 Å². The number of aliphatic hydroxyl groups excluding tert-OH is 1. The molecule has 1 amide bonds. The van der Waals surface area contributed by atoms with Crippen molar-refractivity contribution in [2.75, 3.05) is 13.2 Å². The van der Waals surface area contributed by atoms with Gasteiger partial charge in [0.05, 0.1) is 12.6 Å². The van der Waals surface area contributed by atoms with E-state index in [1.165, 1.54) is 0 Å². The van der Waals surface area contributed by atoms with Crippen LogP contribution in [-0.2, 0) is 4.79 Å². The standard InChI is InChI=1S/C11H23N3O2/c1-7(2)10(11(16)13-12)14-5-4-8(3)9(14)6-15/h7-10,15H,4-6,12H2,1-3H3,(H,13,16). The van der Waals surface area contributed by atoms with Gasteiger partial charge in [-0.25, -0.2) is 5.84 Å². The Morgan fingerprint density at radius 1 is 1.62 bits per heavy atom. The highest BCUT2D eigenvalue weighted by molar-refractivity contribution is 5.81. The van der Waals surface area contributed by atoms with Gasteiger partial charge in [-0.2, -0.15) is 0 Å². The van der Waals surface area contributed by atoms with Gasteiger partial charge in [0.1, 0.15) is 0 Å². The number of hydrogen-bond donors (Lipinski definition) is 3. The third-order valence-electron chi connectivity index (χ3n) is 3.51. The van der Waals surface area contributed by atoms with Gasteiger partial charge in [-0.05, 0) is 24.8 Å². The number of rotatable bonds is 4. The Hall–Kier alpha value is -0.650. The summed E-state index contributed by atoms with van der Waals surface area (Å²) in [5.74, 6) is 5.66. The fourth-order valence-electron chi connectivity index (χ4n) is 2.59. The molecule has 1 saturated heterocycles. The number of aliphatic hydroxyl groups is 1. The first-order valence-electron chi connectivity index (χ1n) is 5.90. The molecule has 16 heavy (non-hydrogen) atoms. The molecule has 0 aromatic rings. The summed E-state index contributed by atoms with van der Waals surface area (Å²) in [6, 6.07) is -0.170. The first-order chi connectivity index (χ1) is 7.52. The molecule has 0 bridgehead atoms. The second kappa shape index (κ2) is 5.61. The van der Waals surface area contributed by atoms with E-state index in [1.54, 1.807) is 0 Å². The SMILES string of the molecule is CC(C)C(C(=O)NN)N1CCC(C)C1CO. The number of amides is 1. The van der Waals surface area contributed by atoms with Gasteiger partial charge in [-0.15, -0.1) is 0 Å². The van der Waals surface area contributed by atoms with Gasteiger partial charge in [-0.1, -0.05) is 20.8 Å². The van der Waals surface area contributed by atoms with Crippen molar-refractivity contribution in [3.8, 4) is 0 Å².